The van der Waals surface area contributed by atoms with Crippen LogP contribution in [0.1, 0.15) is 100 Å². The van der Waals surface area contributed by atoms with E-state index in [4.69, 9.17) is 9.47 Å². The zero-order valence-electron chi connectivity index (χ0n) is 64.9. The molecule has 0 radical (unpaired) electrons. The fourth-order valence-electron chi connectivity index (χ4n) is 13.2. The monoisotopic (exact) mass is 1520 g/mol. The average Bonchev–Trinajstić information content (AvgIpc) is 1.64. The molecule has 12 unspecified atom stereocenters. The van der Waals surface area contributed by atoms with E-state index < -0.39 is 143 Å². The van der Waals surface area contributed by atoms with Gasteiger partial charge >= 0.3 is 0 Å². The lowest BCUT2D eigenvalue weighted by Crippen LogP contribution is -2.59. The molecule has 8 heterocycles. The second-order valence-electron chi connectivity index (χ2n) is 29.7. The Morgan fingerprint density at radius 2 is 0.864 bits per heavy atom. The Kier molecular flexibility index (Phi) is 30.0. The summed E-state index contributed by atoms with van der Waals surface area (Å²) in [6.07, 6.45) is 3.36. The van der Waals surface area contributed by atoms with E-state index >= 15 is 28.8 Å². The number of likely N-dealkylation sites (N-methyl/N-ethyl adjacent to an activating group) is 4. The van der Waals surface area contributed by atoms with Crippen LogP contribution in [-0.2, 0) is 86.8 Å². The van der Waals surface area contributed by atoms with Gasteiger partial charge in [-0.25, -0.2) is 9.36 Å². The first-order valence-electron chi connectivity index (χ1n) is 37.6. The summed E-state index contributed by atoms with van der Waals surface area (Å²) >= 11 is 0. The standard InChI is InChI=1S/C78H108N20O12/c1-47(2)67(87-69(99)49(5)79-7)77(107)95-43-57-39-65(95)75(105)85-63(35-51-19-15-13-16-20-51)73(103)83-61(71(101)81-31-33-93(9)10)37-53-25-29-60(30-26-53)110-46-56-42-98(92-90-56)58-40-66(96(44-58)78(108)68(48(3)4)88-70(100)50(6)80-8)76(106)86-64(36-52-21-17-14-18-22-52)74(104)84-62(72(102)82-32-34-94(11)12)38-54-23-27-59(28-24-54)109-45-55-41-97(57)91-89-55/h13-30,41-42,47-50,57-58,61-68,79-80H,31-40,43-46H2,1-12H3,(H,81,101)(H,82,102)(H,83,103)(H,84,104)(H,85,105)(H,86,106)(H,87,99)(H,88,100). The number of benzene rings is 4. The van der Waals surface area contributed by atoms with E-state index in [1.807, 2.05) is 74.4 Å². The fourth-order valence-corrected chi connectivity index (χ4v) is 13.2. The summed E-state index contributed by atoms with van der Waals surface area (Å²) in [5, 5.41) is 47.2. The average molecular weight is 1520 g/mol. The minimum absolute atomic E-state index is 0.00486. The van der Waals surface area contributed by atoms with E-state index in [9.17, 15) is 19.2 Å². The number of hydrogen-bond donors (Lipinski definition) is 10. The highest BCUT2D eigenvalue weighted by Crippen LogP contribution is 2.32. The molecular weight excluding hydrogens is 1410 g/mol. The van der Waals surface area contributed by atoms with Crippen molar-refractivity contribution in [2.75, 3.05) is 81.6 Å². The van der Waals surface area contributed by atoms with Crippen molar-refractivity contribution in [3.63, 3.8) is 0 Å². The van der Waals surface area contributed by atoms with Gasteiger partial charge in [-0.15, -0.1) is 10.2 Å². The molecule has 110 heavy (non-hydrogen) atoms. The number of nitrogens with zero attached hydrogens (tertiary/aromatic N) is 10. The van der Waals surface area contributed by atoms with Gasteiger partial charge in [0.1, 0.15) is 84.4 Å². The number of hydrogen-bond acceptors (Lipinski definition) is 20. The Hall–Kier alpha value is -10.7. The Balaban J connectivity index is 1.07. The van der Waals surface area contributed by atoms with Crippen molar-refractivity contribution < 1.29 is 57.4 Å². The van der Waals surface area contributed by atoms with Gasteiger partial charge in [-0.1, -0.05) is 123 Å². The van der Waals surface area contributed by atoms with Crippen molar-refractivity contribution in [3.05, 3.63) is 155 Å². The van der Waals surface area contributed by atoms with E-state index in [1.165, 1.54) is 9.80 Å². The molecule has 10 N–H and O–H groups in total. The van der Waals surface area contributed by atoms with Crippen molar-refractivity contribution in [1.82, 2.24) is 103 Å². The topological polar surface area (TPSA) is 384 Å². The maximum absolute atomic E-state index is 15.3. The van der Waals surface area contributed by atoms with Gasteiger partial charge in [-0.2, -0.15) is 0 Å². The van der Waals surface area contributed by atoms with Crippen LogP contribution in [0.25, 0.3) is 0 Å². The number of carbonyl (C=O) groups is 10. The van der Waals surface area contributed by atoms with Crippen LogP contribution in [0.15, 0.2) is 122 Å². The SMILES string of the molecule is CNC(C)C(=O)NC(C(=O)N1CC2CC1C(=O)NC(Cc1ccccc1)C(=O)NC(C(=O)NCCN(C)C)Cc1ccc(cc1)OCc1cn(nn1)C1CC(C(=O)NC(Cc3ccccc3)C(=O)NC(C(=O)NCCN(C)C)Cc3ccc(cc3)OCc3cn2nn3)N(C(=O)C(NC(=O)C(C)NC)C(C)C)C1)C(C)C. The largest absolute Gasteiger partial charge is 0.487 e. The quantitative estimate of drug-likeness (QED) is 0.0439. The van der Waals surface area contributed by atoms with Crippen LogP contribution in [0.2, 0.25) is 0 Å². The molecule has 10 amide bonds. The lowest BCUT2D eigenvalue weighted by molar-refractivity contribution is -0.143. The first-order chi connectivity index (χ1) is 52.6. The predicted molar refractivity (Wildman–Crippen MR) is 409 cm³/mol. The van der Waals surface area contributed by atoms with Gasteiger partial charge in [0.05, 0.1) is 36.6 Å². The minimum atomic E-state index is -1.28. The van der Waals surface area contributed by atoms with Gasteiger partial charge < -0.3 is 82.2 Å². The molecule has 32 heteroatoms. The third-order valence-electron chi connectivity index (χ3n) is 20.0. The summed E-state index contributed by atoms with van der Waals surface area (Å²) in [6, 6.07) is 20.0. The number of amides is 10. The molecule has 0 spiro atoms. The Morgan fingerprint density at radius 1 is 0.500 bits per heavy atom. The molecule has 6 aromatic rings. The Morgan fingerprint density at radius 3 is 1.20 bits per heavy atom. The maximum Gasteiger partial charge on any atom is 0.246 e. The Bertz CT molecular complexity index is 3820. The molecule has 592 valence electrons. The van der Waals surface area contributed by atoms with Crippen molar-refractivity contribution in [2.45, 2.75) is 166 Å². The van der Waals surface area contributed by atoms with Gasteiger partial charge in [-0.3, -0.25) is 47.9 Å². The molecule has 32 nitrogen and oxygen atoms in total. The molecule has 2 fully saturated rings. The van der Waals surface area contributed by atoms with Crippen LogP contribution < -0.4 is 62.6 Å². The van der Waals surface area contributed by atoms with Gasteiger partial charge in [0, 0.05) is 77.8 Å². The summed E-state index contributed by atoms with van der Waals surface area (Å²) in [5.74, 6) is -5.55. The zero-order valence-corrected chi connectivity index (χ0v) is 64.9. The second-order valence-corrected chi connectivity index (χ2v) is 29.7. The molecular formula is C78H108N20O12. The zero-order chi connectivity index (χ0) is 79.3. The number of aromatic nitrogens is 6. The molecule has 12 atom stereocenters. The molecule has 6 aliphatic rings. The number of nitrogens with one attached hydrogen (secondary N) is 10. The summed E-state index contributed by atoms with van der Waals surface area (Å²) in [6.45, 7) is 11.8. The normalized spacial score (nSPS) is 21.4. The van der Waals surface area contributed by atoms with Crippen molar-refractivity contribution in [2.24, 2.45) is 11.8 Å². The van der Waals surface area contributed by atoms with E-state index in [2.05, 4.69) is 73.8 Å². The van der Waals surface area contributed by atoms with E-state index in [0.717, 1.165) is 0 Å². The third-order valence-corrected chi connectivity index (χ3v) is 20.0. The summed E-state index contributed by atoms with van der Waals surface area (Å²) in [5.41, 5.74) is 3.46. The van der Waals surface area contributed by atoms with Gasteiger partial charge in [-0.05, 0) is 114 Å². The van der Waals surface area contributed by atoms with E-state index in [0.29, 0.717) is 58.2 Å². The molecule has 0 aliphatic carbocycles. The molecule has 12 bridgehead atoms. The molecule has 2 saturated heterocycles. The lowest BCUT2D eigenvalue weighted by atomic mass is 10.0. The lowest BCUT2D eigenvalue weighted by Gasteiger charge is -2.32. The third kappa shape index (κ3) is 23.2. The van der Waals surface area contributed by atoms with Crippen molar-refractivity contribution >= 4 is 59.1 Å². The minimum Gasteiger partial charge on any atom is -0.487 e. The first kappa shape index (κ1) is 83.3. The summed E-state index contributed by atoms with van der Waals surface area (Å²) < 4.78 is 15.6. The summed E-state index contributed by atoms with van der Waals surface area (Å²) in [4.78, 5) is 153. The van der Waals surface area contributed by atoms with Crippen LogP contribution in [0.3, 0.4) is 0 Å². The van der Waals surface area contributed by atoms with Crippen molar-refractivity contribution in [3.8, 4) is 11.5 Å². The van der Waals surface area contributed by atoms with E-state index in [-0.39, 0.29) is 77.9 Å². The molecule has 0 saturated carbocycles. The second kappa shape index (κ2) is 39.6. The predicted octanol–water partition coefficient (Wildman–Crippen LogP) is 0.388. The number of ether oxygens (including phenoxy) is 2. The number of likely N-dealkylation sites (tertiary alicyclic amines) is 2. The van der Waals surface area contributed by atoms with Gasteiger partial charge in [0.2, 0.25) is 59.1 Å². The number of carbonyl (C=O) groups excluding carboxylic acids is 10. The molecule has 2 aromatic heterocycles. The molecule has 6 aliphatic heterocycles. The highest BCUT2D eigenvalue weighted by molar-refractivity contribution is 5.98. The van der Waals surface area contributed by atoms with Gasteiger partial charge in [0.15, 0.2) is 0 Å². The molecule has 12 rings (SSSR count). The van der Waals surface area contributed by atoms with Gasteiger partial charge in [0.25, 0.3) is 0 Å². The van der Waals surface area contributed by atoms with Crippen LogP contribution in [0.4, 0.5) is 0 Å². The van der Waals surface area contributed by atoms with Crippen LogP contribution in [-0.4, -0.2) is 251 Å². The van der Waals surface area contributed by atoms with Crippen LogP contribution in [0.5, 0.6) is 11.5 Å². The molecule has 4 aromatic carbocycles. The maximum atomic E-state index is 15.3. The number of rotatable bonds is 22. The van der Waals surface area contributed by atoms with Crippen LogP contribution >= 0.6 is 0 Å². The smallest absolute Gasteiger partial charge is 0.246 e. The highest BCUT2D eigenvalue weighted by Gasteiger charge is 2.47. The summed E-state index contributed by atoms with van der Waals surface area (Å²) in [7, 11) is 10.7. The highest BCUT2D eigenvalue weighted by atomic mass is 16.5. The van der Waals surface area contributed by atoms with Crippen LogP contribution in [0, 0.1) is 11.8 Å². The fraction of sp³-hybridized carbons (Fsp3) is 0.513. The van der Waals surface area contributed by atoms with Crippen molar-refractivity contribution in [1.29, 1.82) is 0 Å². The Labute approximate surface area is 642 Å². The van der Waals surface area contributed by atoms with E-state index in [1.54, 1.807) is 150 Å². The first-order valence-corrected chi connectivity index (χ1v) is 37.6.